The number of hydrogen-bond acceptors (Lipinski definition) is 2. The van der Waals surface area contributed by atoms with Crippen LogP contribution in [0.5, 0.6) is 0 Å². The lowest BCUT2D eigenvalue weighted by molar-refractivity contribution is 0.833. The van der Waals surface area contributed by atoms with E-state index in [1.165, 1.54) is 0 Å². The van der Waals surface area contributed by atoms with Crippen LogP contribution in [0.15, 0.2) is 16.9 Å². The molecule has 5 heteroatoms. The van der Waals surface area contributed by atoms with E-state index in [-0.39, 0.29) is 5.69 Å². The highest BCUT2D eigenvalue weighted by atomic mass is 35.5. The Labute approximate surface area is 98.0 Å². The fraction of sp³-hybridized carbons (Fsp3) is 0.364. The van der Waals surface area contributed by atoms with Gasteiger partial charge in [0.15, 0.2) is 0 Å². The Bertz CT molecular complexity index is 570. The first-order valence-corrected chi connectivity index (χ1v) is 5.58. The van der Waals surface area contributed by atoms with Gasteiger partial charge in [-0.15, -0.1) is 0 Å². The third-order valence-electron chi connectivity index (χ3n) is 2.72. The van der Waals surface area contributed by atoms with E-state index in [4.69, 9.17) is 17.3 Å². The zero-order chi connectivity index (χ0) is 11.7. The van der Waals surface area contributed by atoms with Crippen molar-refractivity contribution in [1.82, 2.24) is 9.55 Å². The van der Waals surface area contributed by atoms with Crippen molar-refractivity contribution in [3.05, 3.63) is 33.2 Å². The molecule has 86 valence electrons. The molecule has 2 aromatic rings. The minimum absolute atomic E-state index is 0.123. The van der Waals surface area contributed by atoms with Gasteiger partial charge in [0, 0.05) is 12.1 Å². The Morgan fingerprint density at radius 3 is 2.94 bits per heavy atom. The fourth-order valence-electron chi connectivity index (χ4n) is 1.78. The van der Waals surface area contributed by atoms with Crippen LogP contribution in [0.1, 0.15) is 12.0 Å². The van der Waals surface area contributed by atoms with E-state index < -0.39 is 0 Å². The highest BCUT2D eigenvalue weighted by Crippen LogP contribution is 2.23. The van der Waals surface area contributed by atoms with Crippen LogP contribution in [0.25, 0.3) is 11.0 Å². The zero-order valence-corrected chi connectivity index (χ0v) is 9.84. The lowest BCUT2D eigenvalue weighted by Gasteiger charge is -2.04. The maximum absolute atomic E-state index is 11.4. The number of fused-ring (bicyclic) bond motifs is 1. The zero-order valence-electron chi connectivity index (χ0n) is 9.09. The second-order valence-electron chi connectivity index (χ2n) is 3.84. The highest BCUT2D eigenvalue weighted by Gasteiger charge is 2.07. The molecular formula is C11H14ClN3O. The van der Waals surface area contributed by atoms with Crippen LogP contribution in [-0.2, 0) is 13.5 Å². The quantitative estimate of drug-likeness (QED) is 0.851. The van der Waals surface area contributed by atoms with E-state index >= 15 is 0 Å². The van der Waals surface area contributed by atoms with Gasteiger partial charge in [-0.2, -0.15) is 0 Å². The predicted octanol–water partition coefficient (Wildman–Crippen LogP) is 1.41. The summed E-state index contributed by atoms with van der Waals surface area (Å²) in [6, 6.07) is 3.75. The third kappa shape index (κ3) is 1.86. The second-order valence-corrected chi connectivity index (χ2v) is 4.25. The van der Waals surface area contributed by atoms with Crippen molar-refractivity contribution in [2.45, 2.75) is 12.8 Å². The van der Waals surface area contributed by atoms with Crippen molar-refractivity contribution in [3.8, 4) is 0 Å². The molecule has 0 aliphatic heterocycles. The van der Waals surface area contributed by atoms with Crippen molar-refractivity contribution in [3.63, 3.8) is 0 Å². The normalized spacial score (nSPS) is 11.2. The molecule has 2 rings (SSSR count). The molecule has 0 amide bonds. The summed E-state index contributed by atoms with van der Waals surface area (Å²) < 4.78 is 1.55. The van der Waals surface area contributed by atoms with Gasteiger partial charge in [0.1, 0.15) is 0 Å². The number of aromatic amines is 1. The highest BCUT2D eigenvalue weighted by molar-refractivity contribution is 6.32. The molecule has 0 spiro atoms. The van der Waals surface area contributed by atoms with E-state index in [2.05, 4.69) is 4.98 Å². The average Bonchev–Trinajstić information content (AvgIpc) is 2.52. The Hall–Kier alpha value is -1.26. The molecule has 0 saturated heterocycles. The number of nitrogens with two attached hydrogens (primary N) is 1. The van der Waals surface area contributed by atoms with Crippen LogP contribution in [0.3, 0.4) is 0 Å². The van der Waals surface area contributed by atoms with Crippen LogP contribution < -0.4 is 11.4 Å². The number of rotatable bonds is 3. The number of aryl methyl sites for hydroxylation is 2. The standard InChI is InChI=1S/C11H14ClN3O/c1-15-10-6-8(12)7(3-2-4-13)5-9(10)14-11(15)16/h5-6H,2-4,13H2,1H3,(H,14,16). The fourth-order valence-corrected chi connectivity index (χ4v) is 2.03. The molecule has 3 N–H and O–H groups in total. The summed E-state index contributed by atoms with van der Waals surface area (Å²) in [6.45, 7) is 0.639. The lowest BCUT2D eigenvalue weighted by atomic mass is 10.1. The van der Waals surface area contributed by atoms with Gasteiger partial charge >= 0.3 is 5.69 Å². The summed E-state index contributed by atoms with van der Waals surface area (Å²) in [5.41, 5.74) is 8.02. The number of nitrogens with one attached hydrogen (secondary N) is 1. The van der Waals surface area contributed by atoms with Crippen LogP contribution in [0, 0.1) is 0 Å². The summed E-state index contributed by atoms with van der Waals surface area (Å²) in [5.74, 6) is 0. The van der Waals surface area contributed by atoms with E-state index in [1.807, 2.05) is 12.1 Å². The first-order chi connectivity index (χ1) is 7.63. The van der Waals surface area contributed by atoms with Gasteiger partial charge < -0.3 is 10.7 Å². The van der Waals surface area contributed by atoms with Gasteiger partial charge in [-0.05, 0) is 37.1 Å². The summed E-state index contributed by atoms with van der Waals surface area (Å²) in [7, 11) is 1.72. The first-order valence-electron chi connectivity index (χ1n) is 5.20. The number of halogens is 1. The lowest BCUT2D eigenvalue weighted by Crippen LogP contribution is -2.11. The average molecular weight is 240 g/mol. The van der Waals surface area contributed by atoms with Crippen molar-refractivity contribution in [2.24, 2.45) is 12.8 Å². The minimum atomic E-state index is -0.123. The molecule has 16 heavy (non-hydrogen) atoms. The molecule has 0 unspecified atom stereocenters. The molecule has 0 bridgehead atoms. The van der Waals surface area contributed by atoms with Crippen molar-refractivity contribution >= 4 is 22.6 Å². The largest absolute Gasteiger partial charge is 0.330 e. The number of benzene rings is 1. The Balaban J connectivity index is 2.54. The molecule has 1 aromatic carbocycles. The van der Waals surface area contributed by atoms with Crippen LogP contribution in [0.2, 0.25) is 5.02 Å². The van der Waals surface area contributed by atoms with Crippen LogP contribution in [-0.4, -0.2) is 16.1 Å². The topological polar surface area (TPSA) is 63.8 Å². The van der Waals surface area contributed by atoms with Crippen molar-refractivity contribution < 1.29 is 0 Å². The number of imidazole rings is 1. The molecule has 0 saturated carbocycles. The summed E-state index contributed by atoms with van der Waals surface area (Å²) in [4.78, 5) is 14.2. The Morgan fingerprint density at radius 2 is 2.25 bits per heavy atom. The molecule has 1 heterocycles. The molecule has 4 nitrogen and oxygen atoms in total. The molecule has 0 radical (unpaired) electrons. The van der Waals surface area contributed by atoms with E-state index in [0.717, 1.165) is 29.4 Å². The van der Waals surface area contributed by atoms with Gasteiger partial charge in [0.25, 0.3) is 0 Å². The molecule has 1 aromatic heterocycles. The van der Waals surface area contributed by atoms with Gasteiger partial charge in [0.2, 0.25) is 0 Å². The minimum Gasteiger partial charge on any atom is -0.330 e. The van der Waals surface area contributed by atoms with Crippen molar-refractivity contribution in [1.29, 1.82) is 0 Å². The summed E-state index contributed by atoms with van der Waals surface area (Å²) in [5, 5.41) is 0.690. The van der Waals surface area contributed by atoms with Gasteiger partial charge in [-0.25, -0.2) is 4.79 Å². The molecule has 0 atom stereocenters. The second kappa shape index (κ2) is 4.31. The number of aromatic nitrogens is 2. The summed E-state index contributed by atoms with van der Waals surface area (Å²) in [6.07, 6.45) is 1.73. The Morgan fingerprint density at radius 1 is 1.50 bits per heavy atom. The smallest absolute Gasteiger partial charge is 0.326 e. The van der Waals surface area contributed by atoms with Crippen molar-refractivity contribution in [2.75, 3.05) is 6.54 Å². The maximum Gasteiger partial charge on any atom is 0.326 e. The predicted molar refractivity (Wildman–Crippen MR) is 65.9 cm³/mol. The Kier molecular flexibility index (Phi) is 3.03. The number of hydrogen-bond donors (Lipinski definition) is 2. The van der Waals surface area contributed by atoms with E-state index in [1.54, 1.807) is 11.6 Å². The molecule has 0 fully saturated rings. The third-order valence-corrected chi connectivity index (χ3v) is 3.07. The van der Waals surface area contributed by atoms with Crippen LogP contribution in [0.4, 0.5) is 0 Å². The van der Waals surface area contributed by atoms with Gasteiger partial charge in [-0.1, -0.05) is 11.6 Å². The monoisotopic (exact) mass is 239 g/mol. The molecule has 0 aliphatic rings. The maximum atomic E-state index is 11.4. The van der Waals surface area contributed by atoms with E-state index in [9.17, 15) is 4.79 Å². The van der Waals surface area contributed by atoms with Gasteiger partial charge in [0.05, 0.1) is 11.0 Å². The van der Waals surface area contributed by atoms with E-state index in [0.29, 0.717) is 11.6 Å². The molecular weight excluding hydrogens is 226 g/mol. The number of H-pyrrole nitrogens is 1. The molecule has 0 aliphatic carbocycles. The van der Waals surface area contributed by atoms with Crippen LogP contribution >= 0.6 is 11.6 Å². The summed E-state index contributed by atoms with van der Waals surface area (Å²) >= 11 is 6.15. The SMILES string of the molecule is Cn1c(=O)[nH]c2cc(CCCN)c(Cl)cc21. The van der Waals surface area contributed by atoms with Gasteiger partial charge in [-0.3, -0.25) is 4.57 Å². The first kappa shape index (κ1) is 11.2. The number of nitrogens with zero attached hydrogens (tertiary/aromatic N) is 1.